The van der Waals surface area contributed by atoms with E-state index in [0.29, 0.717) is 5.92 Å². The molecule has 0 radical (unpaired) electrons. The maximum absolute atomic E-state index is 12.8. The number of hydrogen-bond donors (Lipinski definition) is 1. The molecule has 162 valence electrons. The molecule has 1 heterocycles. The van der Waals surface area contributed by atoms with Gasteiger partial charge in [-0.1, -0.05) is 42.5 Å². The van der Waals surface area contributed by atoms with E-state index in [2.05, 4.69) is 47.8 Å². The number of hydrogen-bond acceptors (Lipinski definition) is 3. The molecule has 0 bridgehead atoms. The number of nitrogens with one attached hydrogen (secondary N) is 1. The van der Waals surface area contributed by atoms with E-state index in [1.807, 2.05) is 25.7 Å². The van der Waals surface area contributed by atoms with Crippen LogP contribution in [0.1, 0.15) is 32.8 Å². The van der Waals surface area contributed by atoms with Crippen molar-refractivity contribution in [3.8, 4) is 0 Å². The summed E-state index contributed by atoms with van der Waals surface area (Å²) in [5.41, 5.74) is 1.33. The minimum absolute atomic E-state index is 0. The van der Waals surface area contributed by atoms with Crippen molar-refractivity contribution in [3.63, 3.8) is 0 Å². The summed E-state index contributed by atoms with van der Waals surface area (Å²) in [6, 6.07) is 15.1. The van der Waals surface area contributed by atoms with Crippen LogP contribution in [0.4, 0.5) is 0 Å². The maximum Gasteiger partial charge on any atom is 0.242 e. The molecule has 2 aromatic carbocycles. The van der Waals surface area contributed by atoms with Crippen molar-refractivity contribution in [2.45, 2.75) is 38.1 Å². The largest absolute Gasteiger partial charge is 0.340 e. The zero-order valence-electron chi connectivity index (χ0n) is 18.3. The molecule has 0 aromatic heterocycles. The van der Waals surface area contributed by atoms with E-state index in [-0.39, 0.29) is 48.3 Å². The highest BCUT2D eigenvalue weighted by Gasteiger charge is 2.61. The smallest absolute Gasteiger partial charge is 0.242 e. The molecule has 1 aliphatic heterocycles. The van der Waals surface area contributed by atoms with Gasteiger partial charge >= 0.3 is 0 Å². The summed E-state index contributed by atoms with van der Waals surface area (Å²) < 4.78 is 0. The van der Waals surface area contributed by atoms with Crippen LogP contribution in [-0.2, 0) is 15.0 Å². The molecule has 1 saturated carbocycles. The highest BCUT2D eigenvalue weighted by atomic mass is 35.5. The number of halogens is 1. The Morgan fingerprint density at radius 2 is 1.87 bits per heavy atom. The number of nitrogens with zero attached hydrogens (tertiary/aromatic N) is 2. The lowest BCUT2D eigenvalue weighted by Crippen LogP contribution is -2.47. The summed E-state index contributed by atoms with van der Waals surface area (Å²) in [4.78, 5) is 28.6. The Morgan fingerprint density at radius 1 is 1.17 bits per heavy atom. The molecule has 1 N–H and O–H groups in total. The summed E-state index contributed by atoms with van der Waals surface area (Å²) >= 11 is 0. The average molecular weight is 430 g/mol. The number of piperidine rings is 1. The average Bonchev–Trinajstić information content (AvgIpc) is 3.26. The van der Waals surface area contributed by atoms with Crippen molar-refractivity contribution in [2.75, 3.05) is 33.2 Å². The third-order valence-electron chi connectivity index (χ3n) is 6.39. The van der Waals surface area contributed by atoms with E-state index in [4.69, 9.17) is 0 Å². The number of carbonyl (C=O) groups excluding carboxylic acids is 2. The van der Waals surface area contributed by atoms with E-state index >= 15 is 0 Å². The Bertz CT molecular complexity index is 955. The molecule has 0 unspecified atom stereocenters. The van der Waals surface area contributed by atoms with Gasteiger partial charge in [-0.05, 0) is 49.4 Å². The lowest BCUT2D eigenvalue weighted by atomic mass is 9.93. The molecule has 2 aromatic rings. The first-order valence-corrected chi connectivity index (χ1v) is 10.4. The molecule has 1 aliphatic carbocycles. The van der Waals surface area contributed by atoms with Crippen LogP contribution in [0, 0.1) is 5.92 Å². The fraction of sp³-hybridized carbons (Fsp3) is 0.500. The molecule has 2 fully saturated rings. The van der Waals surface area contributed by atoms with Crippen LogP contribution in [0.15, 0.2) is 42.5 Å². The highest BCUT2D eigenvalue weighted by Crippen LogP contribution is 2.59. The first-order valence-electron chi connectivity index (χ1n) is 10.4. The van der Waals surface area contributed by atoms with Gasteiger partial charge in [0.1, 0.15) is 0 Å². The first-order chi connectivity index (χ1) is 13.7. The van der Waals surface area contributed by atoms with Crippen LogP contribution < -0.4 is 5.32 Å². The fourth-order valence-electron chi connectivity index (χ4n) is 4.49. The van der Waals surface area contributed by atoms with Crippen LogP contribution in [0.25, 0.3) is 10.8 Å². The Kier molecular flexibility index (Phi) is 6.17. The van der Waals surface area contributed by atoms with Crippen LogP contribution in [0.3, 0.4) is 0 Å². The van der Waals surface area contributed by atoms with E-state index in [0.717, 1.165) is 19.5 Å². The minimum Gasteiger partial charge on any atom is -0.340 e. The molecule has 2 amide bonds. The van der Waals surface area contributed by atoms with Crippen molar-refractivity contribution in [1.82, 2.24) is 15.1 Å². The summed E-state index contributed by atoms with van der Waals surface area (Å²) in [6.45, 7) is 8.02. The zero-order valence-corrected chi connectivity index (χ0v) is 19.1. The number of benzene rings is 2. The Labute approximate surface area is 185 Å². The second-order valence-electron chi connectivity index (χ2n) is 9.75. The number of likely N-dealkylation sites (tertiary alicyclic amines) is 1. The van der Waals surface area contributed by atoms with Crippen molar-refractivity contribution >= 4 is 35.0 Å². The lowest BCUT2D eigenvalue weighted by molar-refractivity contribution is -0.138. The van der Waals surface area contributed by atoms with Crippen molar-refractivity contribution in [1.29, 1.82) is 0 Å². The van der Waals surface area contributed by atoms with Crippen LogP contribution in [0.2, 0.25) is 0 Å². The maximum atomic E-state index is 12.8. The van der Waals surface area contributed by atoms with Gasteiger partial charge in [0.15, 0.2) is 0 Å². The standard InChI is InChI=1S/C24H31N3O2.ClH/c1-23(2,3)25-13-21(28)26(4)15-22(29)27-14-20-12-24(20,16-27)19-10-9-17-7-5-6-8-18(17)11-19;/h5-11,20,25H,12-16H2,1-4H3;1H/t20-,24+;/m1./s1. The second-order valence-corrected chi connectivity index (χ2v) is 9.75. The highest BCUT2D eigenvalue weighted by molar-refractivity contribution is 5.86. The summed E-state index contributed by atoms with van der Waals surface area (Å²) in [5, 5.41) is 5.69. The van der Waals surface area contributed by atoms with Gasteiger partial charge in [-0.15, -0.1) is 12.4 Å². The number of fused-ring (bicyclic) bond motifs is 2. The lowest BCUT2D eigenvalue weighted by Gasteiger charge is -2.26. The molecule has 5 nitrogen and oxygen atoms in total. The number of likely N-dealkylation sites (N-methyl/N-ethyl adjacent to an activating group) is 1. The predicted molar refractivity (Wildman–Crippen MR) is 123 cm³/mol. The van der Waals surface area contributed by atoms with Crippen molar-refractivity contribution < 1.29 is 9.59 Å². The third kappa shape index (κ3) is 4.47. The molecular weight excluding hydrogens is 398 g/mol. The fourth-order valence-corrected chi connectivity index (χ4v) is 4.49. The van der Waals surface area contributed by atoms with E-state index in [1.54, 1.807) is 7.05 Å². The molecule has 4 rings (SSSR count). The topological polar surface area (TPSA) is 52.7 Å². The minimum atomic E-state index is -0.122. The molecule has 2 atom stereocenters. The Morgan fingerprint density at radius 3 is 2.57 bits per heavy atom. The van der Waals surface area contributed by atoms with Gasteiger partial charge in [-0.2, -0.15) is 0 Å². The molecule has 0 spiro atoms. The summed E-state index contributed by atoms with van der Waals surface area (Å²) in [7, 11) is 1.71. The molecular formula is C24H32ClN3O2. The molecule has 2 aliphatic rings. The summed E-state index contributed by atoms with van der Waals surface area (Å²) in [5.74, 6) is 0.530. The van der Waals surface area contributed by atoms with E-state index in [1.165, 1.54) is 21.2 Å². The van der Waals surface area contributed by atoms with Crippen LogP contribution in [0.5, 0.6) is 0 Å². The van der Waals surface area contributed by atoms with Gasteiger partial charge in [0.2, 0.25) is 11.8 Å². The first kappa shape index (κ1) is 22.6. The molecule has 1 saturated heterocycles. The van der Waals surface area contributed by atoms with Crippen molar-refractivity contribution in [3.05, 3.63) is 48.0 Å². The van der Waals surface area contributed by atoms with Gasteiger partial charge < -0.3 is 15.1 Å². The van der Waals surface area contributed by atoms with E-state index < -0.39 is 0 Å². The number of rotatable bonds is 5. The Hall–Kier alpha value is -2.11. The summed E-state index contributed by atoms with van der Waals surface area (Å²) in [6.07, 6.45) is 1.15. The van der Waals surface area contributed by atoms with Crippen molar-refractivity contribution in [2.24, 2.45) is 5.92 Å². The predicted octanol–water partition coefficient (Wildman–Crippen LogP) is 3.21. The van der Waals surface area contributed by atoms with Gasteiger partial charge in [-0.25, -0.2) is 0 Å². The van der Waals surface area contributed by atoms with E-state index in [9.17, 15) is 9.59 Å². The van der Waals surface area contributed by atoms with Crippen LogP contribution >= 0.6 is 12.4 Å². The second kappa shape index (κ2) is 8.20. The molecule has 30 heavy (non-hydrogen) atoms. The number of amides is 2. The quantitative estimate of drug-likeness (QED) is 0.794. The SMILES string of the molecule is CN(CC(=O)N1C[C@H]2C[C@@]2(c2ccc3ccccc3c2)C1)C(=O)CNC(C)(C)C.Cl. The normalized spacial score (nSPS) is 22.4. The van der Waals surface area contributed by atoms with Gasteiger partial charge in [0.25, 0.3) is 0 Å². The third-order valence-corrected chi connectivity index (χ3v) is 6.39. The monoisotopic (exact) mass is 429 g/mol. The molecule has 6 heteroatoms. The number of carbonyl (C=O) groups is 2. The van der Waals surface area contributed by atoms with Gasteiger partial charge in [0, 0.05) is 31.1 Å². The van der Waals surface area contributed by atoms with Gasteiger partial charge in [-0.3, -0.25) is 9.59 Å². The van der Waals surface area contributed by atoms with Crippen LogP contribution in [-0.4, -0.2) is 60.4 Å². The Balaban J connectivity index is 0.00000256. The zero-order chi connectivity index (χ0) is 20.8. The van der Waals surface area contributed by atoms with Gasteiger partial charge in [0.05, 0.1) is 13.1 Å².